The van der Waals surface area contributed by atoms with Gasteiger partial charge in [-0.25, -0.2) is 0 Å². The Morgan fingerprint density at radius 1 is 1.31 bits per heavy atom. The summed E-state index contributed by atoms with van der Waals surface area (Å²) < 4.78 is 10.4. The molecule has 4 heteroatoms. The zero-order valence-electron chi connectivity index (χ0n) is 10.7. The van der Waals surface area contributed by atoms with Crippen molar-refractivity contribution in [2.75, 3.05) is 53.1 Å². The van der Waals surface area contributed by atoms with Gasteiger partial charge in [0.2, 0.25) is 0 Å². The van der Waals surface area contributed by atoms with Crippen LogP contribution in [0.3, 0.4) is 0 Å². The molecule has 1 heterocycles. The summed E-state index contributed by atoms with van der Waals surface area (Å²) in [5, 5.41) is 3.50. The second-order valence-electron chi connectivity index (χ2n) is 4.47. The van der Waals surface area contributed by atoms with Crippen molar-refractivity contribution in [3.8, 4) is 0 Å². The Hall–Kier alpha value is -0.160. The Morgan fingerprint density at radius 2 is 2.19 bits per heavy atom. The van der Waals surface area contributed by atoms with Gasteiger partial charge >= 0.3 is 0 Å². The van der Waals surface area contributed by atoms with Crippen molar-refractivity contribution in [2.45, 2.75) is 25.8 Å². The van der Waals surface area contributed by atoms with E-state index in [1.807, 2.05) is 0 Å². The van der Waals surface area contributed by atoms with Crippen molar-refractivity contribution in [1.82, 2.24) is 10.2 Å². The lowest BCUT2D eigenvalue weighted by Gasteiger charge is -2.21. The molecule has 1 aliphatic rings. The average molecular weight is 230 g/mol. The molecule has 96 valence electrons. The normalized spacial score (nSPS) is 23.2. The van der Waals surface area contributed by atoms with Crippen molar-refractivity contribution in [3.05, 3.63) is 0 Å². The summed E-state index contributed by atoms with van der Waals surface area (Å²) in [6.07, 6.45) is 2.38. The van der Waals surface area contributed by atoms with Crippen LogP contribution in [0.25, 0.3) is 0 Å². The maximum absolute atomic E-state index is 5.46. The molecular weight excluding hydrogens is 204 g/mol. The van der Waals surface area contributed by atoms with E-state index in [1.54, 1.807) is 7.11 Å². The van der Waals surface area contributed by atoms with Crippen LogP contribution < -0.4 is 5.32 Å². The number of hydrogen-bond acceptors (Lipinski definition) is 4. The summed E-state index contributed by atoms with van der Waals surface area (Å²) in [6.45, 7) is 9.21. The van der Waals surface area contributed by atoms with E-state index in [2.05, 4.69) is 17.1 Å². The molecule has 4 nitrogen and oxygen atoms in total. The molecule has 0 radical (unpaired) electrons. The van der Waals surface area contributed by atoms with Crippen LogP contribution in [0.2, 0.25) is 0 Å². The van der Waals surface area contributed by atoms with Gasteiger partial charge in [-0.05, 0) is 32.9 Å². The zero-order valence-corrected chi connectivity index (χ0v) is 10.7. The number of nitrogens with one attached hydrogen (secondary N) is 1. The van der Waals surface area contributed by atoms with Crippen LogP contribution >= 0.6 is 0 Å². The predicted molar refractivity (Wildman–Crippen MR) is 65.8 cm³/mol. The molecule has 0 spiro atoms. The maximum Gasteiger partial charge on any atom is 0.0700 e. The van der Waals surface area contributed by atoms with Gasteiger partial charge in [0, 0.05) is 32.8 Å². The number of ether oxygens (including phenoxy) is 2. The Morgan fingerprint density at radius 3 is 3.00 bits per heavy atom. The largest absolute Gasteiger partial charge is 0.382 e. The average Bonchev–Trinajstić information content (AvgIpc) is 2.48. The molecule has 1 saturated heterocycles. The molecule has 0 aromatic carbocycles. The van der Waals surface area contributed by atoms with Gasteiger partial charge in [0.05, 0.1) is 13.2 Å². The third kappa shape index (κ3) is 6.43. The molecular formula is C12H26N2O2. The van der Waals surface area contributed by atoms with Gasteiger partial charge in [-0.1, -0.05) is 0 Å². The van der Waals surface area contributed by atoms with Crippen molar-refractivity contribution >= 4 is 0 Å². The van der Waals surface area contributed by atoms with Gasteiger partial charge in [0.1, 0.15) is 0 Å². The minimum absolute atomic E-state index is 0.622. The molecule has 0 aliphatic carbocycles. The molecule has 0 amide bonds. The van der Waals surface area contributed by atoms with E-state index in [0.29, 0.717) is 19.3 Å². The molecule has 1 rings (SSSR count). The highest BCUT2D eigenvalue weighted by Gasteiger charge is 2.12. The first-order valence-corrected chi connectivity index (χ1v) is 6.35. The monoisotopic (exact) mass is 230 g/mol. The second-order valence-corrected chi connectivity index (χ2v) is 4.47. The fourth-order valence-corrected chi connectivity index (χ4v) is 2.03. The Labute approximate surface area is 99.3 Å². The summed E-state index contributed by atoms with van der Waals surface area (Å²) in [5.41, 5.74) is 0. The Balaban J connectivity index is 1.98. The highest BCUT2D eigenvalue weighted by atomic mass is 16.5. The molecule has 16 heavy (non-hydrogen) atoms. The number of hydrogen-bond donors (Lipinski definition) is 1. The fourth-order valence-electron chi connectivity index (χ4n) is 2.03. The van der Waals surface area contributed by atoms with Gasteiger partial charge in [0.25, 0.3) is 0 Å². The Kier molecular flexibility index (Phi) is 7.76. The van der Waals surface area contributed by atoms with Crippen LogP contribution in [0.4, 0.5) is 0 Å². The number of methoxy groups -OCH3 is 1. The number of rotatable bonds is 7. The molecule has 1 fully saturated rings. The predicted octanol–water partition coefficient (Wildman–Crippen LogP) is 0.723. The van der Waals surface area contributed by atoms with E-state index < -0.39 is 0 Å². The maximum atomic E-state index is 5.46. The van der Waals surface area contributed by atoms with Crippen LogP contribution in [0.15, 0.2) is 0 Å². The molecule has 1 aliphatic heterocycles. The van der Waals surface area contributed by atoms with E-state index in [-0.39, 0.29) is 0 Å². The minimum atomic E-state index is 0.622. The lowest BCUT2D eigenvalue weighted by atomic mass is 10.3. The summed E-state index contributed by atoms with van der Waals surface area (Å²) in [6, 6.07) is 0.622. The number of nitrogens with zero attached hydrogens (tertiary/aromatic N) is 1. The van der Waals surface area contributed by atoms with Crippen molar-refractivity contribution in [3.63, 3.8) is 0 Å². The second kappa shape index (κ2) is 8.93. The molecule has 0 saturated carbocycles. The van der Waals surface area contributed by atoms with E-state index in [9.17, 15) is 0 Å². The first-order chi connectivity index (χ1) is 7.83. The highest BCUT2D eigenvalue weighted by Crippen LogP contribution is 2.01. The molecule has 1 N–H and O–H groups in total. The fraction of sp³-hybridized carbons (Fsp3) is 1.00. The lowest BCUT2D eigenvalue weighted by molar-refractivity contribution is 0.0652. The van der Waals surface area contributed by atoms with E-state index in [0.717, 1.165) is 32.7 Å². The van der Waals surface area contributed by atoms with Crippen molar-refractivity contribution in [2.24, 2.45) is 0 Å². The van der Waals surface area contributed by atoms with Gasteiger partial charge in [-0.15, -0.1) is 0 Å². The molecule has 1 unspecified atom stereocenters. The van der Waals surface area contributed by atoms with E-state index in [4.69, 9.17) is 9.47 Å². The summed E-state index contributed by atoms with van der Waals surface area (Å²) in [4.78, 5) is 2.53. The van der Waals surface area contributed by atoms with Crippen LogP contribution in [-0.4, -0.2) is 64.1 Å². The highest BCUT2D eigenvalue weighted by molar-refractivity contribution is 4.72. The van der Waals surface area contributed by atoms with Crippen molar-refractivity contribution < 1.29 is 9.47 Å². The quantitative estimate of drug-likeness (QED) is 0.654. The van der Waals surface area contributed by atoms with E-state index >= 15 is 0 Å². The van der Waals surface area contributed by atoms with Crippen LogP contribution in [0, 0.1) is 0 Å². The van der Waals surface area contributed by atoms with Gasteiger partial charge in [0.15, 0.2) is 0 Å². The van der Waals surface area contributed by atoms with Crippen LogP contribution in [0.5, 0.6) is 0 Å². The van der Waals surface area contributed by atoms with E-state index in [1.165, 1.54) is 13.0 Å². The minimum Gasteiger partial charge on any atom is -0.382 e. The molecule has 0 bridgehead atoms. The topological polar surface area (TPSA) is 33.7 Å². The Bertz CT molecular complexity index is 167. The molecule has 0 aromatic heterocycles. The first kappa shape index (κ1) is 13.9. The van der Waals surface area contributed by atoms with Crippen LogP contribution in [-0.2, 0) is 9.47 Å². The van der Waals surface area contributed by atoms with Gasteiger partial charge in [-0.3, -0.25) is 0 Å². The lowest BCUT2D eigenvalue weighted by Crippen LogP contribution is -2.36. The zero-order chi connectivity index (χ0) is 11.6. The van der Waals surface area contributed by atoms with Crippen LogP contribution in [0.1, 0.15) is 19.8 Å². The van der Waals surface area contributed by atoms with Gasteiger partial charge in [-0.2, -0.15) is 0 Å². The molecule has 0 aromatic rings. The molecule has 1 atom stereocenters. The van der Waals surface area contributed by atoms with Crippen molar-refractivity contribution in [1.29, 1.82) is 0 Å². The standard InChI is InChI=1S/C12H26N2O2/c1-12-11-14(6-3-5-13-12)7-4-8-16-10-9-15-2/h12-13H,3-11H2,1-2H3. The summed E-state index contributed by atoms with van der Waals surface area (Å²) >= 11 is 0. The van der Waals surface area contributed by atoms with Gasteiger partial charge < -0.3 is 19.7 Å². The summed E-state index contributed by atoms with van der Waals surface area (Å²) in [7, 11) is 1.70. The SMILES string of the molecule is COCCOCCCN1CCCNC(C)C1. The summed E-state index contributed by atoms with van der Waals surface area (Å²) in [5.74, 6) is 0. The first-order valence-electron chi connectivity index (χ1n) is 6.35. The third-order valence-corrected chi connectivity index (χ3v) is 2.87. The third-order valence-electron chi connectivity index (χ3n) is 2.87. The smallest absolute Gasteiger partial charge is 0.0700 e.